The van der Waals surface area contributed by atoms with E-state index in [1.165, 1.54) is 270 Å². The molecule has 0 saturated carbocycles. The van der Waals surface area contributed by atoms with Crippen LogP contribution >= 0.6 is 12.4 Å². The van der Waals surface area contributed by atoms with Gasteiger partial charge in [-0.15, -0.1) is 12.4 Å². The molecule has 0 spiro atoms. The molecule has 0 aliphatic rings. The first-order chi connectivity index (χ1) is 40.4. The van der Waals surface area contributed by atoms with E-state index in [9.17, 15) is 0 Å². The Bertz CT molecular complexity index is 1060. The molecule has 0 atom stereocenters. The Kier molecular flexibility index (Phi) is 108. The molecule has 0 amide bonds. The zero-order valence-corrected chi connectivity index (χ0v) is 58.9. The van der Waals surface area contributed by atoms with Crippen molar-refractivity contribution in [3.63, 3.8) is 0 Å². The molecule has 0 heterocycles. The van der Waals surface area contributed by atoms with Gasteiger partial charge < -0.3 is 40.1 Å². The summed E-state index contributed by atoms with van der Waals surface area (Å²) in [6.45, 7) is 15.6. The molecular formula is C70H155ClN14. The Balaban J connectivity index is -0.000000135. The Morgan fingerprint density at radius 2 is 0.224 bits per heavy atom. The maximum atomic E-state index is 7.02. The third-order valence-electron chi connectivity index (χ3n) is 14.3. The summed E-state index contributed by atoms with van der Waals surface area (Å²) < 4.78 is 0. The van der Waals surface area contributed by atoms with Gasteiger partial charge in [0.15, 0.2) is 0 Å². The lowest BCUT2D eigenvalue weighted by atomic mass is 10.1. The standard InChI is InChI=1S/7C10H22N2.ClH/c7*1-2-3-4-5-6-7-8-9-10(11)12;/h7*2-9H2,1H3,(H3,11,12);1H. The van der Waals surface area contributed by atoms with E-state index in [4.69, 9.17) is 78.0 Å². The summed E-state index contributed by atoms with van der Waals surface area (Å²) in [5.74, 6) is 2.36. The van der Waals surface area contributed by atoms with Crippen LogP contribution in [-0.4, -0.2) is 40.8 Å². The summed E-state index contributed by atoms with van der Waals surface area (Å²) in [5, 5.41) is 49.1. The highest BCUT2D eigenvalue weighted by Crippen LogP contribution is 2.13. The zero-order chi connectivity index (χ0) is 64.6. The van der Waals surface area contributed by atoms with Crippen LogP contribution in [0.4, 0.5) is 0 Å². The summed E-state index contributed by atoms with van der Waals surface area (Å²) in [4.78, 5) is 0. The van der Waals surface area contributed by atoms with E-state index >= 15 is 0 Å². The minimum atomic E-state index is 0. The SMILES string of the molecule is CCCCCCCCCC(=N)N.CCCCCCCCCC(=N)N.CCCCCCCCCC(=N)N.CCCCCCCCCC(=N)N.CCCCCCCCCC(=N)N.CCCCCCCCCC(=N)N.CCCCCCCCCC(=N)N.Cl. The number of amidine groups is 7. The second kappa shape index (κ2) is 94.3. The zero-order valence-electron chi connectivity index (χ0n) is 58.0. The van der Waals surface area contributed by atoms with Crippen LogP contribution < -0.4 is 40.1 Å². The average Bonchev–Trinajstić information content (AvgIpc) is 3.44. The fourth-order valence-corrected chi connectivity index (χ4v) is 8.91. The summed E-state index contributed by atoms with van der Waals surface area (Å²) in [6, 6.07) is 0. The van der Waals surface area contributed by atoms with Crippen LogP contribution in [0.25, 0.3) is 0 Å². The second-order valence-electron chi connectivity index (χ2n) is 23.8. The van der Waals surface area contributed by atoms with E-state index in [0.29, 0.717) is 40.8 Å². The van der Waals surface area contributed by atoms with Gasteiger partial charge in [-0.2, -0.15) is 0 Å². The first-order valence-electron chi connectivity index (χ1n) is 35.7. The molecule has 15 heteroatoms. The van der Waals surface area contributed by atoms with Crippen LogP contribution in [0.15, 0.2) is 0 Å². The normalized spacial score (nSPS) is 9.96. The van der Waals surface area contributed by atoms with Crippen molar-refractivity contribution < 1.29 is 0 Å². The summed E-state index contributed by atoms with van der Waals surface area (Å²) in [7, 11) is 0. The molecule has 0 aromatic carbocycles. The van der Waals surface area contributed by atoms with Crippen molar-refractivity contribution in [3.05, 3.63) is 0 Å². The van der Waals surface area contributed by atoms with Crippen LogP contribution in [0.1, 0.15) is 408 Å². The molecule has 0 aliphatic heterocycles. The predicted octanol–water partition coefficient (Wildman–Crippen LogP) is 21.9. The van der Waals surface area contributed by atoms with Gasteiger partial charge in [-0.3, -0.25) is 37.9 Å². The molecule has 85 heavy (non-hydrogen) atoms. The van der Waals surface area contributed by atoms with Crippen molar-refractivity contribution in [3.8, 4) is 0 Å². The number of nitrogens with one attached hydrogen (secondary N) is 7. The molecule has 0 aliphatic carbocycles. The van der Waals surface area contributed by atoms with Gasteiger partial charge >= 0.3 is 0 Å². The van der Waals surface area contributed by atoms with Gasteiger partial charge in [0, 0.05) is 44.9 Å². The largest absolute Gasteiger partial charge is 0.388 e. The van der Waals surface area contributed by atoms with Crippen molar-refractivity contribution in [2.75, 3.05) is 0 Å². The minimum absolute atomic E-state index is 0. The van der Waals surface area contributed by atoms with Crippen molar-refractivity contribution in [1.29, 1.82) is 37.9 Å². The molecule has 0 radical (unpaired) electrons. The maximum absolute atomic E-state index is 7.02. The van der Waals surface area contributed by atoms with Gasteiger partial charge in [0.25, 0.3) is 0 Å². The molecule has 0 aromatic heterocycles. The van der Waals surface area contributed by atoms with Crippen molar-refractivity contribution >= 4 is 53.3 Å². The maximum Gasteiger partial charge on any atom is 0.0905 e. The molecule has 0 unspecified atom stereocenters. The fraction of sp³-hybridized carbons (Fsp3) is 0.900. The topological polar surface area (TPSA) is 349 Å². The van der Waals surface area contributed by atoms with E-state index in [1.807, 2.05) is 0 Å². The summed E-state index contributed by atoms with van der Waals surface area (Å²) >= 11 is 0. The van der Waals surface area contributed by atoms with Crippen LogP contribution in [-0.2, 0) is 0 Å². The van der Waals surface area contributed by atoms with E-state index < -0.39 is 0 Å². The van der Waals surface area contributed by atoms with Gasteiger partial charge in [-0.25, -0.2) is 0 Å². The molecule has 0 fully saturated rings. The highest BCUT2D eigenvalue weighted by atomic mass is 35.5. The average molecular weight is 1230 g/mol. The second-order valence-corrected chi connectivity index (χ2v) is 23.8. The number of rotatable bonds is 56. The molecule has 0 bridgehead atoms. The van der Waals surface area contributed by atoms with Gasteiger partial charge in [-0.1, -0.05) is 318 Å². The number of nitrogens with two attached hydrogens (primary N) is 7. The quantitative estimate of drug-likeness (QED) is 0.0158. The smallest absolute Gasteiger partial charge is 0.0905 e. The lowest BCUT2D eigenvalue weighted by Gasteiger charge is -1.99. The number of hydrogen-bond donors (Lipinski definition) is 14. The highest BCUT2D eigenvalue weighted by Gasteiger charge is 1.98. The van der Waals surface area contributed by atoms with Gasteiger partial charge in [0.2, 0.25) is 0 Å². The lowest BCUT2D eigenvalue weighted by molar-refractivity contribution is 0.594. The number of unbranched alkanes of at least 4 members (excludes halogenated alkanes) is 42. The van der Waals surface area contributed by atoms with E-state index in [0.717, 1.165) is 89.9 Å². The van der Waals surface area contributed by atoms with Crippen molar-refractivity contribution in [2.24, 2.45) is 40.1 Å². The van der Waals surface area contributed by atoms with Crippen LogP contribution in [0, 0.1) is 37.9 Å². The van der Waals surface area contributed by atoms with Crippen LogP contribution in [0.3, 0.4) is 0 Å². The minimum Gasteiger partial charge on any atom is -0.388 e. The Morgan fingerprint density at radius 1 is 0.153 bits per heavy atom. The Morgan fingerprint density at radius 3 is 0.294 bits per heavy atom. The highest BCUT2D eigenvalue weighted by molar-refractivity contribution is 5.85. The van der Waals surface area contributed by atoms with Crippen molar-refractivity contribution in [2.45, 2.75) is 408 Å². The Labute approximate surface area is 536 Å². The third-order valence-corrected chi connectivity index (χ3v) is 14.3. The summed E-state index contributed by atoms with van der Waals surface area (Å²) in [6.07, 6.45) is 68.9. The molecule has 0 rings (SSSR count). The monoisotopic (exact) mass is 1230 g/mol. The molecule has 0 saturated heterocycles. The fourth-order valence-electron chi connectivity index (χ4n) is 8.91. The molecule has 14 nitrogen and oxygen atoms in total. The first kappa shape index (κ1) is 97.8. The van der Waals surface area contributed by atoms with Gasteiger partial charge in [0.05, 0.1) is 40.8 Å². The number of halogens is 1. The first-order valence-corrected chi connectivity index (χ1v) is 35.7. The molecule has 0 aromatic rings. The lowest BCUT2D eigenvalue weighted by Crippen LogP contribution is -2.08. The van der Waals surface area contributed by atoms with E-state index in [-0.39, 0.29) is 12.4 Å². The summed E-state index contributed by atoms with van der Waals surface area (Å²) in [5.41, 5.74) is 36.7. The van der Waals surface area contributed by atoms with E-state index in [1.54, 1.807) is 0 Å². The van der Waals surface area contributed by atoms with Crippen LogP contribution in [0.5, 0.6) is 0 Å². The molecule has 21 N–H and O–H groups in total. The Hall–Kier alpha value is -3.42. The van der Waals surface area contributed by atoms with Gasteiger partial charge in [-0.05, 0) is 44.9 Å². The van der Waals surface area contributed by atoms with Gasteiger partial charge in [0.1, 0.15) is 0 Å². The van der Waals surface area contributed by atoms with E-state index in [2.05, 4.69) is 48.5 Å². The molecule has 512 valence electrons. The third kappa shape index (κ3) is 140. The molecular weight excluding hydrogens is 1070 g/mol. The predicted molar refractivity (Wildman–Crippen MR) is 389 cm³/mol. The van der Waals surface area contributed by atoms with Crippen LogP contribution in [0.2, 0.25) is 0 Å². The van der Waals surface area contributed by atoms with Crippen molar-refractivity contribution in [1.82, 2.24) is 0 Å². The number of hydrogen-bond acceptors (Lipinski definition) is 7.